The number of hydrogen-bond donors (Lipinski definition) is 0. The van der Waals surface area contributed by atoms with Crippen molar-refractivity contribution in [2.75, 3.05) is 33.9 Å². The number of carbonyl (C=O) groups is 1. The number of methoxy groups -OCH3 is 1. The first-order valence-electron chi connectivity index (χ1n) is 14.9. The lowest BCUT2D eigenvalue weighted by Gasteiger charge is -2.42. The number of allylic oxidation sites excluding steroid dienone is 1. The molecule has 0 N–H and O–H groups in total. The summed E-state index contributed by atoms with van der Waals surface area (Å²) in [6.07, 6.45) is 9.93. The topological polar surface area (TPSA) is 81.7 Å². The van der Waals surface area contributed by atoms with Gasteiger partial charge in [-0.15, -0.1) is 0 Å². The van der Waals surface area contributed by atoms with Crippen LogP contribution in [0.1, 0.15) is 78.2 Å². The Morgan fingerprint density at radius 2 is 2.08 bits per heavy atom. The van der Waals surface area contributed by atoms with Crippen molar-refractivity contribution in [3.8, 4) is 0 Å². The predicted molar refractivity (Wildman–Crippen MR) is 149 cm³/mol. The Morgan fingerprint density at radius 1 is 1.31 bits per heavy atom. The molecule has 8 nitrogen and oxygen atoms in total. The second kappa shape index (κ2) is 11.3. The highest BCUT2D eigenvalue weighted by Crippen LogP contribution is 2.59. The molecule has 0 unspecified atom stereocenters. The van der Waals surface area contributed by atoms with Crippen LogP contribution >= 0.6 is 0 Å². The molecule has 1 aliphatic carbocycles. The summed E-state index contributed by atoms with van der Waals surface area (Å²) in [4.78, 5) is 15.8. The zero-order chi connectivity index (χ0) is 27.9. The predicted octanol–water partition coefficient (Wildman–Crippen LogP) is 4.58. The maximum absolute atomic E-state index is 13.4. The van der Waals surface area contributed by atoms with Crippen LogP contribution in [-0.4, -0.2) is 84.0 Å². The molecule has 3 aliphatic heterocycles. The van der Waals surface area contributed by atoms with Crippen molar-refractivity contribution >= 4 is 5.97 Å². The van der Waals surface area contributed by atoms with Crippen molar-refractivity contribution < 1.29 is 23.7 Å². The number of carbonyl (C=O) groups excluding carboxylic acids is 1. The Hall–Kier alpha value is -1.74. The second-order valence-corrected chi connectivity index (χ2v) is 13.4. The van der Waals surface area contributed by atoms with Crippen molar-refractivity contribution in [3.63, 3.8) is 0 Å². The number of esters is 1. The van der Waals surface area contributed by atoms with Crippen LogP contribution in [0.15, 0.2) is 24.0 Å². The van der Waals surface area contributed by atoms with E-state index in [1.54, 1.807) is 7.11 Å². The first-order chi connectivity index (χ1) is 18.5. The maximum Gasteiger partial charge on any atom is 0.306 e. The standard InChI is InChI=1S/C31H49N3O5/c1-20(2)8-9-26-30(5,39-26)29-28(36-7)25(10-12-31(29)19-37-31)38-27(35)14-24(21(3)4)23-15-32-34(18-23)17-22-11-13-33(6)16-22/h8,15,18,21-22,24-26,28-29H,9-14,16-17,19H2,1-7H3/t22-,24+,25-,26-,28-,29-,30+,31+/m1/s1. The van der Waals surface area contributed by atoms with Gasteiger partial charge in [0.25, 0.3) is 0 Å². The molecule has 8 atom stereocenters. The van der Waals surface area contributed by atoms with Crippen molar-refractivity contribution in [2.45, 2.75) is 109 Å². The van der Waals surface area contributed by atoms with E-state index >= 15 is 0 Å². The molecular formula is C31H49N3O5. The molecule has 1 saturated carbocycles. The van der Waals surface area contributed by atoms with Crippen LogP contribution in [0.4, 0.5) is 0 Å². The number of epoxide rings is 2. The van der Waals surface area contributed by atoms with Gasteiger partial charge in [0.2, 0.25) is 0 Å². The van der Waals surface area contributed by atoms with E-state index < -0.39 is 0 Å². The van der Waals surface area contributed by atoms with Crippen LogP contribution in [-0.2, 0) is 30.3 Å². The van der Waals surface area contributed by atoms with Gasteiger partial charge < -0.3 is 23.8 Å². The van der Waals surface area contributed by atoms with Gasteiger partial charge in [0.15, 0.2) is 0 Å². The lowest BCUT2D eigenvalue weighted by Crippen LogP contribution is -2.55. The zero-order valence-electron chi connectivity index (χ0n) is 25.0. The highest BCUT2D eigenvalue weighted by molar-refractivity contribution is 5.71. The molecule has 8 heteroatoms. The quantitative estimate of drug-likeness (QED) is 0.229. The minimum atomic E-state index is -0.336. The summed E-state index contributed by atoms with van der Waals surface area (Å²) in [5.74, 6) is 0.857. The van der Waals surface area contributed by atoms with E-state index in [2.05, 4.69) is 68.6 Å². The van der Waals surface area contributed by atoms with Gasteiger partial charge in [0, 0.05) is 26.4 Å². The van der Waals surface area contributed by atoms with Crippen LogP contribution in [0.2, 0.25) is 0 Å². The van der Waals surface area contributed by atoms with E-state index in [-0.39, 0.29) is 47.3 Å². The lowest BCUT2D eigenvalue weighted by atomic mass is 9.68. The molecule has 0 aromatic carbocycles. The molecule has 1 aromatic heterocycles. The normalized spacial score (nSPS) is 36.8. The van der Waals surface area contributed by atoms with Crippen LogP contribution < -0.4 is 0 Å². The first-order valence-corrected chi connectivity index (χ1v) is 14.9. The highest BCUT2D eigenvalue weighted by Gasteiger charge is 2.72. The lowest BCUT2D eigenvalue weighted by molar-refractivity contribution is -0.172. The fraction of sp³-hybridized carbons (Fsp3) is 0.806. The van der Waals surface area contributed by atoms with E-state index in [4.69, 9.17) is 18.9 Å². The average molecular weight is 544 g/mol. The van der Waals surface area contributed by atoms with Crippen LogP contribution in [0.3, 0.4) is 0 Å². The smallest absolute Gasteiger partial charge is 0.306 e. The van der Waals surface area contributed by atoms with Gasteiger partial charge in [-0.05, 0) is 83.4 Å². The number of hydrogen-bond acceptors (Lipinski definition) is 7. The number of likely N-dealkylation sites (tertiary alicyclic amines) is 1. The summed E-state index contributed by atoms with van der Waals surface area (Å²) in [7, 11) is 3.90. The van der Waals surface area contributed by atoms with Gasteiger partial charge in [0.05, 0.1) is 31.2 Å². The van der Waals surface area contributed by atoms with Crippen LogP contribution in [0.25, 0.3) is 0 Å². The molecule has 1 spiro atoms. The SMILES string of the molecule is CO[C@@H]1[C@H](OC(=O)C[C@H](c2cnn(C[C@@H]3CCN(C)C3)c2)C(C)C)CC[C@]2(CO2)[C@H]1[C@@]1(C)O[C@@H]1CC=C(C)C. The Kier molecular flexibility index (Phi) is 8.31. The maximum atomic E-state index is 13.4. The van der Waals surface area contributed by atoms with E-state index in [1.807, 2.05) is 6.20 Å². The van der Waals surface area contributed by atoms with Crippen molar-refractivity contribution in [1.82, 2.24) is 14.7 Å². The Balaban J connectivity index is 1.23. The molecule has 39 heavy (non-hydrogen) atoms. The van der Waals surface area contributed by atoms with Crippen molar-refractivity contribution in [1.29, 1.82) is 0 Å². The molecule has 3 saturated heterocycles. The van der Waals surface area contributed by atoms with E-state index in [0.717, 1.165) is 51.1 Å². The van der Waals surface area contributed by atoms with Gasteiger partial charge in [0.1, 0.15) is 23.4 Å². The third-order valence-corrected chi connectivity index (χ3v) is 9.73. The molecule has 5 rings (SSSR count). The molecule has 0 radical (unpaired) electrons. The Labute approximate surface area is 234 Å². The zero-order valence-corrected chi connectivity index (χ0v) is 25.0. The molecular weight excluding hydrogens is 494 g/mol. The summed E-state index contributed by atoms with van der Waals surface area (Å²) in [6.45, 7) is 14.7. The fourth-order valence-corrected chi connectivity index (χ4v) is 7.32. The minimum absolute atomic E-state index is 0.0332. The van der Waals surface area contributed by atoms with Crippen LogP contribution in [0, 0.1) is 17.8 Å². The number of nitrogens with zero attached hydrogens (tertiary/aromatic N) is 3. The Morgan fingerprint density at radius 3 is 2.69 bits per heavy atom. The van der Waals surface area contributed by atoms with Crippen LogP contribution in [0.5, 0.6) is 0 Å². The third kappa shape index (κ3) is 6.14. The molecule has 0 amide bonds. The van der Waals surface area contributed by atoms with E-state index in [9.17, 15) is 4.79 Å². The molecule has 0 bridgehead atoms. The average Bonchev–Trinajstić information content (AvgIpc) is 3.66. The summed E-state index contributed by atoms with van der Waals surface area (Å²) >= 11 is 0. The Bertz CT molecular complexity index is 1040. The molecule has 218 valence electrons. The molecule has 4 aliphatic rings. The number of aromatic nitrogens is 2. The third-order valence-electron chi connectivity index (χ3n) is 9.73. The first kappa shape index (κ1) is 28.8. The van der Waals surface area contributed by atoms with Crippen molar-refractivity contribution in [2.24, 2.45) is 17.8 Å². The van der Waals surface area contributed by atoms with Gasteiger partial charge in [-0.2, -0.15) is 5.10 Å². The van der Waals surface area contributed by atoms with Gasteiger partial charge in [-0.1, -0.05) is 25.5 Å². The molecule has 4 fully saturated rings. The second-order valence-electron chi connectivity index (χ2n) is 13.4. The number of rotatable bonds is 11. The summed E-state index contributed by atoms with van der Waals surface area (Å²) in [5.41, 5.74) is 1.85. The number of ether oxygens (including phenoxy) is 4. The molecule has 4 heterocycles. The van der Waals surface area contributed by atoms with Crippen molar-refractivity contribution in [3.05, 3.63) is 29.6 Å². The highest BCUT2D eigenvalue weighted by atomic mass is 16.6. The monoisotopic (exact) mass is 543 g/mol. The summed E-state index contributed by atoms with van der Waals surface area (Å²) < 4.78 is 26.7. The minimum Gasteiger partial charge on any atom is -0.460 e. The molecule has 1 aromatic rings. The van der Waals surface area contributed by atoms with E-state index in [0.29, 0.717) is 18.3 Å². The summed E-state index contributed by atoms with van der Waals surface area (Å²) in [5, 5.41) is 4.65. The summed E-state index contributed by atoms with van der Waals surface area (Å²) in [6, 6.07) is 0. The largest absolute Gasteiger partial charge is 0.460 e. The van der Waals surface area contributed by atoms with Gasteiger partial charge in [-0.25, -0.2) is 0 Å². The fourth-order valence-electron chi connectivity index (χ4n) is 7.32. The van der Waals surface area contributed by atoms with E-state index in [1.165, 1.54) is 12.0 Å². The van der Waals surface area contributed by atoms with Gasteiger partial charge >= 0.3 is 5.97 Å². The van der Waals surface area contributed by atoms with Gasteiger partial charge in [-0.3, -0.25) is 9.48 Å².